The van der Waals surface area contributed by atoms with Crippen LogP contribution in [0.1, 0.15) is 22.4 Å². The summed E-state index contributed by atoms with van der Waals surface area (Å²) in [4.78, 5) is 12.5. The van der Waals surface area contributed by atoms with E-state index < -0.39 is 17.8 Å². The minimum absolute atomic E-state index is 0.0116. The van der Waals surface area contributed by atoms with Crippen molar-refractivity contribution in [2.24, 2.45) is 0 Å². The maximum atomic E-state index is 13.8. The topological polar surface area (TPSA) is 67.6 Å². The smallest absolute Gasteiger partial charge is 0.417 e. The lowest BCUT2D eigenvalue weighted by Gasteiger charge is -2.18. The molecule has 6 nitrogen and oxygen atoms in total. The van der Waals surface area contributed by atoms with Gasteiger partial charge in [0, 0.05) is 16.1 Å². The van der Waals surface area contributed by atoms with E-state index in [4.69, 9.17) is 16.3 Å². The molecule has 1 N–H and O–H groups in total. The number of carbonyl (C=O) groups is 1. The number of methoxy groups -OCH3 is 1. The quantitative estimate of drug-likeness (QED) is 0.586. The lowest BCUT2D eigenvalue weighted by Crippen LogP contribution is -2.24. The normalized spacial score (nSPS) is 13.4. The van der Waals surface area contributed by atoms with Crippen LogP contribution >= 0.6 is 11.6 Å². The second-order valence-corrected chi connectivity index (χ2v) is 7.55. The number of benzene rings is 2. The van der Waals surface area contributed by atoms with Gasteiger partial charge in [0.15, 0.2) is 0 Å². The van der Waals surface area contributed by atoms with Crippen molar-refractivity contribution in [3.8, 4) is 17.0 Å². The van der Waals surface area contributed by atoms with Crippen LogP contribution in [0.15, 0.2) is 42.5 Å². The number of amides is 1. The Hall–Kier alpha value is -3.20. The molecule has 0 bridgehead atoms. The summed E-state index contributed by atoms with van der Waals surface area (Å²) in [6.07, 6.45) is -5.81. The Balaban J connectivity index is 1.88. The molecule has 1 aromatic heterocycles. The fourth-order valence-electron chi connectivity index (χ4n) is 3.72. The molecule has 4 rings (SSSR count). The number of carboxylic acid groups (broad SMARTS) is 1. The van der Waals surface area contributed by atoms with Crippen molar-refractivity contribution in [3.05, 3.63) is 69.9 Å². The molecule has 162 valence electrons. The molecule has 1 amide bonds. The summed E-state index contributed by atoms with van der Waals surface area (Å²) < 4.78 is 48.2. The molecule has 0 saturated heterocycles. The highest BCUT2D eigenvalue weighted by molar-refractivity contribution is 6.30. The Morgan fingerprint density at radius 3 is 2.68 bits per heavy atom. The van der Waals surface area contributed by atoms with Crippen LogP contribution in [-0.4, -0.2) is 33.0 Å². The average molecular weight is 452 g/mol. The molecule has 0 radical (unpaired) electrons. The van der Waals surface area contributed by atoms with Gasteiger partial charge in [0.25, 0.3) is 0 Å². The van der Waals surface area contributed by atoms with Crippen LogP contribution in [-0.2, 0) is 25.8 Å². The van der Waals surface area contributed by atoms with Gasteiger partial charge in [-0.05, 0) is 29.8 Å². The number of alkyl halides is 3. The molecule has 31 heavy (non-hydrogen) atoms. The zero-order chi connectivity index (χ0) is 22.3. The molecule has 0 saturated carbocycles. The number of nitrogens with zero attached hydrogens (tertiary/aromatic N) is 3. The fraction of sp³-hybridized carbons (Fsp3) is 0.238. The first-order chi connectivity index (χ1) is 14.7. The van der Waals surface area contributed by atoms with Crippen molar-refractivity contribution >= 4 is 17.7 Å². The number of ether oxygens (including phenoxy) is 1. The molecule has 0 aliphatic carbocycles. The molecular formula is C21H17ClF3N3O3. The summed E-state index contributed by atoms with van der Waals surface area (Å²) in [6, 6.07) is 10.7. The van der Waals surface area contributed by atoms with E-state index in [1.54, 1.807) is 18.2 Å². The van der Waals surface area contributed by atoms with Gasteiger partial charge in [0.2, 0.25) is 0 Å². The van der Waals surface area contributed by atoms with Crippen LogP contribution in [0, 0.1) is 0 Å². The summed E-state index contributed by atoms with van der Waals surface area (Å²) in [6.45, 7) is 0.155. The SMILES string of the molecule is COc1cccc(Cn2nc3c(c2-c2ccc(Cl)cc2C(F)(F)F)CN(C(=O)O)C3)c1. The minimum Gasteiger partial charge on any atom is -0.497 e. The Bertz CT molecular complexity index is 1160. The van der Waals surface area contributed by atoms with Crippen molar-refractivity contribution in [2.75, 3.05) is 7.11 Å². The standard InChI is InChI=1S/C21H17ClF3N3O3/c1-31-14-4-2-3-12(7-14)9-28-19(16-10-27(20(29)30)11-18(16)26-28)15-6-5-13(22)8-17(15)21(23,24)25/h2-8H,9-11H2,1H3,(H,29,30). The Kier molecular flexibility index (Phi) is 5.30. The molecule has 0 atom stereocenters. The first-order valence-corrected chi connectivity index (χ1v) is 9.61. The van der Waals surface area contributed by atoms with E-state index in [-0.39, 0.29) is 35.9 Å². The van der Waals surface area contributed by atoms with E-state index >= 15 is 0 Å². The molecule has 0 unspecified atom stereocenters. The third-order valence-corrected chi connectivity index (χ3v) is 5.34. The number of rotatable bonds is 4. The Labute approximate surface area is 180 Å². The average Bonchev–Trinajstić information content (AvgIpc) is 3.25. The number of halogens is 4. The van der Waals surface area contributed by atoms with Crippen LogP contribution in [0.3, 0.4) is 0 Å². The van der Waals surface area contributed by atoms with Crippen molar-refractivity contribution < 1.29 is 27.8 Å². The summed E-state index contributed by atoms with van der Waals surface area (Å²) in [7, 11) is 1.52. The lowest BCUT2D eigenvalue weighted by atomic mass is 10.00. The van der Waals surface area contributed by atoms with Crippen molar-refractivity contribution in [1.29, 1.82) is 0 Å². The van der Waals surface area contributed by atoms with Crippen LogP contribution in [0.2, 0.25) is 5.02 Å². The zero-order valence-corrected chi connectivity index (χ0v) is 17.0. The van der Waals surface area contributed by atoms with Gasteiger partial charge in [-0.25, -0.2) is 4.79 Å². The molecule has 10 heteroatoms. The van der Waals surface area contributed by atoms with Gasteiger partial charge < -0.3 is 9.84 Å². The van der Waals surface area contributed by atoms with Gasteiger partial charge in [0.05, 0.1) is 43.7 Å². The van der Waals surface area contributed by atoms with Gasteiger partial charge in [0.1, 0.15) is 5.75 Å². The monoisotopic (exact) mass is 451 g/mol. The molecule has 3 aromatic rings. The van der Waals surface area contributed by atoms with Gasteiger partial charge in [-0.3, -0.25) is 9.58 Å². The van der Waals surface area contributed by atoms with Gasteiger partial charge in [-0.2, -0.15) is 18.3 Å². The Morgan fingerprint density at radius 2 is 2.00 bits per heavy atom. The maximum Gasteiger partial charge on any atom is 0.417 e. The van der Waals surface area contributed by atoms with Gasteiger partial charge >= 0.3 is 12.3 Å². The minimum atomic E-state index is -4.65. The maximum absolute atomic E-state index is 13.8. The summed E-state index contributed by atoms with van der Waals surface area (Å²) in [5.74, 6) is 0.610. The zero-order valence-electron chi connectivity index (χ0n) is 16.3. The van der Waals surface area contributed by atoms with E-state index in [1.165, 1.54) is 23.9 Å². The van der Waals surface area contributed by atoms with E-state index in [2.05, 4.69) is 5.10 Å². The van der Waals surface area contributed by atoms with E-state index in [9.17, 15) is 23.1 Å². The van der Waals surface area contributed by atoms with Crippen molar-refractivity contribution in [3.63, 3.8) is 0 Å². The predicted octanol–water partition coefficient (Wildman–Crippen LogP) is 5.27. The van der Waals surface area contributed by atoms with E-state index in [0.717, 1.165) is 16.5 Å². The van der Waals surface area contributed by atoms with Crippen molar-refractivity contribution in [2.45, 2.75) is 25.8 Å². The molecule has 0 spiro atoms. The fourth-order valence-corrected chi connectivity index (χ4v) is 3.89. The second-order valence-electron chi connectivity index (χ2n) is 7.11. The number of fused-ring (bicyclic) bond motifs is 1. The van der Waals surface area contributed by atoms with Crippen LogP contribution in [0.5, 0.6) is 5.75 Å². The molecule has 2 heterocycles. The summed E-state index contributed by atoms with van der Waals surface area (Å²) in [5.41, 5.74) is 0.899. The summed E-state index contributed by atoms with van der Waals surface area (Å²) in [5, 5.41) is 13.8. The lowest BCUT2D eigenvalue weighted by molar-refractivity contribution is -0.137. The van der Waals surface area contributed by atoms with Crippen LogP contribution in [0.4, 0.5) is 18.0 Å². The molecule has 1 aliphatic rings. The molecule has 1 aliphatic heterocycles. The molecule has 0 fully saturated rings. The van der Waals surface area contributed by atoms with E-state index in [0.29, 0.717) is 17.0 Å². The third kappa shape index (κ3) is 4.05. The highest BCUT2D eigenvalue weighted by Gasteiger charge is 2.38. The van der Waals surface area contributed by atoms with Crippen LogP contribution < -0.4 is 4.74 Å². The van der Waals surface area contributed by atoms with Crippen molar-refractivity contribution in [1.82, 2.24) is 14.7 Å². The number of hydrogen-bond donors (Lipinski definition) is 1. The largest absolute Gasteiger partial charge is 0.497 e. The third-order valence-electron chi connectivity index (χ3n) is 5.10. The van der Waals surface area contributed by atoms with Gasteiger partial charge in [-0.15, -0.1) is 0 Å². The van der Waals surface area contributed by atoms with E-state index in [1.807, 2.05) is 6.07 Å². The van der Waals surface area contributed by atoms with Crippen LogP contribution in [0.25, 0.3) is 11.3 Å². The Morgan fingerprint density at radius 1 is 1.23 bits per heavy atom. The first kappa shape index (κ1) is 21.0. The molecular weight excluding hydrogens is 435 g/mol. The van der Waals surface area contributed by atoms with Gasteiger partial charge in [-0.1, -0.05) is 29.8 Å². The number of aromatic nitrogens is 2. The predicted molar refractivity (Wildman–Crippen MR) is 107 cm³/mol. The second kappa shape index (κ2) is 7.81. The first-order valence-electron chi connectivity index (χ1n) is 9.24. The highest BCUT2D eigenvalue weighted by atomic mass is 35.5. The molecule has 2 aromatic carbocycles. The summed E-state index contributed by atoms with van der Waals surface area (Å²) >= 11 is 5.85. The highest BCUT2D eigenvalue weighted by Crippen LogP contribution is 2.42. The number of hydrogen-bond acceptors (Lipinski definition) is 3.